The molecule has 1 aliphatic carbocycles. The van der Waals surface area contributed by atoms with Crippen molar-refractivity contribution in [3.8, 4) is 28.2 Å². The fourth-order valence-electron chi connectivity index (χ4n) is 4.12. The number of fused-ring (bicyclic) bond motifs is 2. The molecule has 0 fully saturated rings. The Hall–Kier alpha value is -2.44. The Labute approximate surface area is 208 Å². The van der Waals surface area contributed by atoms with Crippen molar-refractivity contribution >= 4 is 63.3 Å². The number of benzene rings is 3. The minimum Gasteiger partial charge on any atom is -0.507 e. The lowest BCUT2D eigenvalue weighted by Gasteiger charge is -2.22. The van der Waals surface area contributed by atoms with Crippen LogP contribution in [0.4, 0.5) is 0 Å². The summed E-state index contributed by atoms with van der Waals surface area (Å²) in [5.41, 5.74) is 2.25. The molecule has 170 valence electrons. The van der Waals surface area contributed by atoms with E-state index in [9.17, 15) is 19.8 Å². The maximum Gasteiger partial charge on any atom is 0.337 e. The van der Waals surface area contributed by atoms with Crippen LogP contribution in [0.1, 0.15) is 32.6 Å². The van der Waals surface area contributed by atoms with Gasteiger partial charge in [-0.1, -0.05) is 46.4 Å². The summed E-state index contributed by atoms with van der Waals surface area (Å²) in [6.45, 7) is 6.63. The zero-order valence-corrected chi connectivity index (χ0v) is 20.8. The normalized spacial score (nSPS) is 11.5. The molecule has 0 unspecified atom stereocenters. The summed E-state index contributed by atoms with van der Waals surface area (Å²) >= 11 is 25.4. The first kappa shape index (κ1) is 23.7. The number of aromatic hydroxyl groups is 1. The lowest BCUT2D eigenvalue weighted by Crippen LogP contribution is -2.12. The molecule has 0 saturated carbocycles. The molecule has 9 heteroatoms. The van der Waals surface area contributed by atoms with Gasteiger partial charge in [0.05, 0.1) is 25.7 Å². The van der Waals surface area contributed by atoms with Crippen molar-refractivity contribution in [2.45, 2.75) is 27.7 Å². The van der Waals surface area contributed by atoms with Gasteiger partial charge in [0.2, 0.25) is 0 Å². The van der Waals surface area contributed by atoms with Gasteiger partial charge in [0.1, 0.15) is 17.1 Å². The van der Waals surface area contributed by atoms with E-state index in [4.69, 9.17) is 50.8 Å². The molecule has 2 aromatic rings. The zero-order chi connectivity index (χ0) is 24.5. The molecule has 0 amide bonds. The molecule has 0 radical (unpaired) electrons. The topological polar surface area (TPSA) is 87.7 Å². The first-order chi connectivity index (χ1) is 15.4. The van der Waals surface area contributed by atoms with Crippen LogP contribution in [0.5, 0.6) is 5.75 Å². The summed E-state index contributed by atoms with van der Waals surface area (Å²) in [6.07, 6.45) is 0. The van der Waals surface area contributed by atoms with Crippen LogP contribution < -0.4 is 5.43 Å². The van der Waals surface area contributed by atoms with Gasteiger partial charge < -0.3 is 14.6 Å². The number of carboxylic acid groups (broad SMARTS) is 1. The first-order valence-electron chi connectivity index (χ1n) is 9.67. The van der Waals surface area contributed by atoms with E-state index in [0.29, 0.717) is 38.8 Å². The second kappa shape index (κ2) is 8.10. The van der Waals surface area contributed by atoms with Crippen LogP contribution >= 0.6 is 46.4 Å². The highest BCUT2D eigenvalue weighted by Crippen LogP contribution is 2.52. The summed E-state index contributed by atoms with van der Waals surface area (Å²) in [5.74, 6) is -1.12. The molecular formula is C24H16Cl4O5. The van der Waals surface area contributed by atoms with Crippen LogP contribution in [0, 0.1) is 27.7 Å². The number of carbonyl (C=O) groups is 1. The second-order valence-corrected chi connectivity index (χ2v) is 9.37. The summed E-state index contributed by atoms with van der Waals surface area (Å²) < 4.78 is 6.12. The monoisotopic (exact) mass is 524 g/mol. The van der Waals surface area contributed by atoms with Crippen LogP contribution in [0.15, 0.2) is 21.3 Å². The van der Waals surface area contributed by atoms with E-state index in [1.807, 2.05) is 0 Å². The Morgan fingerprint density at radius 1 is 0.848 bits per heavy atom. The van der Waals surface area contributed by atoms with Crippen LogP contribution in [-0.4, -0.2) is 16.2 Å². The quantitative estimate of drug-likeness (QED) is 0.158. The van der Waals surface area contributed by atoms with Crippen LogP contribution in [0.3, 0.4) is 0 Å². The standard InChI is InChI=1S/C24H16Cl4O5/c1-7-5-11-13(14-15(24(31)32)17(26)19(28)18(27)16(14)25)12-6-8(2)21(30)10(4)23(12)33-22(11)9(3)20(7)29/h5-6,29H,1-4H3,(H,31,32). The third-order valence-corrected chi connectivity index (χ3v) is 7.60. The number of carboxylic acids is 1. The van der Waals surface area contributed by atoms with E-state index < -0.39 is 5.97 Å². The van der Waals surface area contributed by atoms with E-state index in [1.165, 1.54) is 0 Å². The maximum atomic E-state index is 12.7. The first-order valence-corrected chi connectivity index (χ1v) is 11.2. The van der Waals surface area contributed by atoms with Gasteiger partial charge in [-0.25, -0.2) is 4.79 Å². The number of halogens is 4. The predicted molar refractivity (Wildman–Crippen MR) is 132 cm³/mol. The van der Waals surface area contributed by atoms with Gasteiger partial charge in [-0.15, -0.1) is 0 Å². The Morgan fingerprint density at radius 3 is 2.06 bits per heavy atom. The molecular weight excluding hydrogens is 510 g/mol. The highest BCUT2D eigenvalue weighted by molar-refractivity contribution is 6.54. The minimum absolute atomic E-state index is 0.0142. The molecule has 2 aromatic carbocycles. The van der Waals surface area contributed by atoms with Gasteiger partial charge in [-0.3, -0.25) is 4.79 Å². The van der Waals surface area contributed by atoms with Crippen molar-refractivity contribution in [3.05, 3.63) is 70.3 Å². The number of hydrogen-bond acceptors (Lipinski definition) is 4. The van der Waals surface area contributed by atoms with Crippen molar-refractivity contribution in [2.24, 2.45) is 0 Å². The Bertz CT molecular complexity index is 1550. The SMILES string of the molecule is Cc1cc2c(-c3c(Cl)c(Cl)c(Cl)c(Cl)c3C(=O)O)c3cc(C)c(=O)c(C)c-3oc2c(C)c1O. The van der Waals surface area contributed by atoms with Crippen LogP contribution in [0.25, 0.3) is 33.4 Å². The minimum atomic E-state index is -1.36. The molecule has 33 heavy (non-hydrogen) atoms. The molecule has 5 nitrogen and oxygen atoms in total. The smallest absolute Gasteiger partial charge is 0.337 e. The van der Waals surface area contributed by atoms with Crippen molar-refractivity contribution in [2.75, 3.05) is 0 Å². The Balaban J connectivity index is 2.43. The highest BCUT2D eigenvalue weighted by atomic mass is 35.5. The molecule has 1 heterocycles. The van der Waals surface area contributed by atoms with Crippen molar-refractivity contribution in [3.63, 3.8) is 0 Å². The fourth-order valence-corrected chi connectivity index (χ4v) is 5.15. The van der Waals surface area contributed by atoms with E-state index in [0.717, 1.165) is 0 Å². The van der Waals surface area contributed by atoms with Crippen molar-refractivity contribution in [1.29, 1.82) is 0 Å². The van der Waals surface area contributed by atoms with E-state index in [-0.39, 0.29) is 53.7 Å². The average molecular weight is 526 g/mol. The third kappa shape index (κ3) is 3.38. The number of aryl methyl sites for hydroxylation is 3. The molecule has 4 rings (SSSR count). The molecule has 0 atom stereocenters. The van der Waals surface area contributed by atoms with Crippen LogP contribution in [-0.2, 0) is 0 Å². The molecule has 2 N–H and O–H groups in total. The van der Waals surface area contributed by atoms with Gasteiger partial charge in [-0.05, 0) is 51.0 Å². The lowest BCUT2D eigenvalue weighted by molar-refractivity contribution is 0.0698. The Morgan fingerprint density at radius 2 is 1.45 bits per heavy atom. The number of aromatic carboxylic acids is 1. The molecule has 0 aromatic heterocycles. The molecule has 1 aliphatic heterocycles. The van der Waals surface area contributed by atoms with Crippen molar-refractivity contribution < 1.29 is 19.4 Å². The summed E-state index contributed by atoms with van der Waals surface area (Å²) in [6, 6.07) is 3.27. The van der Waals surface area contributed by atoms with Gasteiger partial charge in [0.15, 0.2) is 5.43 Å². The largest absolute Gasteiger partial charge is 0.507 e. The van der Waals surface area contributed by atoms with E-state index in [1.54, 1.807) is 39.8 Å². The van der Waals surface area contributed by atoms with Crippen LogP contribution in [0.2, 0.25) is 20.1 Å². The van der Waals surface area contributed by atoms with Gasteiger partial charge in [-0.2, -0.15) is 0 Å². The summed E-state index contributed by atoms with van der Waals surface area (Å²) in [7, 11) is 0. The van der Waals surface area contributed by atoms with Crippen molar-refractivity contribution in [1.82, 2.24) is 0 Å². The Kier molecular flexibility index (Phi) is 5.82. The summed E-state index contributed by atoms with van der Waals surface area (Å²) in [5, 5.41) is 20.4. The number of rotatable bonds is 2. The average Bonchev–Trinajstić information content (AvgIpc) is 2.76. The van der Waals surface area contributed by atoms with Gasteiger partial charge in [0.25, 0.3) is 0 Å². The second-order valence-electron chi connectivity index (χ2n) is 7.86. The van der Waals surface area contributed by atoms with Gasteiger partial charge in [0, 0.05) is 33.2 Å². The molecule has 0 spiro atoms. The van der Waals surface area contributed by atoms with Gasteiger partial charge >= 0.3 is 5.97 Å². The van der Waals surface area contributed by atoms with E-state index in [2.05, 4.69) is 0 Å². The predicted octanol–water partition coefficient (Wildman–Crippen LogP) is 7.82. The highest BCUT2D eigenvalue weighted by Gasteiger charge is 2.31. The maximum absolute atomic E-state index is 12.7. The number of phenolic OH excluding ortho intramolecular Hbond substituents is 1. The summed E-state index contributed by atoms with van der Waals surface area (Å²) in [4.78, 5) is 25.0. The number of phenols is 1. The third-order valence-electron chi connectivity index (χ3n) is 5.79. The fraction of sp³-hybridized carbons (Fsp3) is 0.167. The molecule has 2 aliphatic rings. The lowest BCUT2D eigenvalue weighted by atomic mass is 9.87. The molecule has 0 saturated heterocycles. The number of hydrogen-bond donors (Lipinski definition) is 2. The zero-order valence-electron chi connectivity index (χ0n) is 17.8. The molecule has 0 bridgehead atoms. The van der Waals surface area contributed by atoms with E-state index >= 15 is 0 Å².